The van der Waals surface area contributed by atoms with E-state index in [1.165, 1.54) is 0 Å². The van der Waals surface area contributed by atoms with Crippen LogP contribution in [-0.4, -0.2) is 36.9 Å². The van der Waals surface area contributed by atoms with Crippen molar-refractivity contribution in [3.05, 3.63) is 59.1 Å². The number of benzene rings is 2. The minimum absolute atomic E-state index is 0.0585. The van der Waals surface area contributed by atoms with Crippen molar-refractivity contribution in [1.82, 2.24) is 4.90 Å². The summed E-state index contributed by atoms with van der Waals surface area (Å²) in [6, 6.07) is 15.4. The Labute approximate surface area is 169 Å². The molecule has 28 heavy (non-hydrogen) atoms. The van der Waals surface area contributed by atoms with Crippen LogP contribution in [0.15, 0.2) is 48.5 Å². The van der Waals surface area contributed by atoms with Crippen LogP contribution in [0, 0.1) is 5.92 Å². The monoisotopic (exact) mass is 398 g/mol. The Bertz CT molecular complexity index is 887. The van der Waals surface area contributed by atoms with E-state index in [9.17, 15) is 9.59 Å². The van der Waals surface area contributed by atoms with Crippen molar-refractivity contribution in [2.75, 3.05) is 25.1 Å². The molecule has 5 nitrogen and oxygen atoms in total. The Balaban J connectivity index is 1.54. The zero-order chi connectivity index (χ0) is 19.7. The maximum atomic E-state index is 13.3. The Morgan fingerprint density at radius 3 is 2.71 bits per heavy atom. The van der Waals surface area contributed by atoms with E-state index in [2.05, 4.69) is 12.1 Å². The van der Waals surface area contributed by atoms with Crippen molar-refractivity contribution < 1.29 is 14.3 Å². The number of nitrogens with zero attached hydrogens (tertiary/aromatic N) is 2. The first-order valence-electron chi connectivity index (χ1n) is 9.58. The average Bonchev–Trinajstić information content (AvgIpc) is 3.35. The smallest absolute Gasteiger partial charge is 0.228 e. The number of ether oxygens (including phenoxy) is 1. The predicted octanol–water partition coefficient (Wildman–Crippen LogP) is 4.07. The van der Waals surface area contributed by atoms with Gasteiger partial charge in [-0.15, -0.1) is 0 Å². The van der Waals surface area contributed by atoms with E-state index in [4.69, 9.17) is 16.3 Å². The van der Waals surface area contributed by atoms with Crippen LogP contribution in [0.4, 0.5) is 5.69 Å². The molecule has 6 heteroatoms. The van der Waals surface area contributed by atoms with Gasteiger partial charge in [-0.25, -0.2) is 0 Å². The average molecular weight is 399 g/mol. The van der Waals surface area contributed by atoms with Gasteiger partial charge < -0.3 is 14.5 Å². The van der Waals surface area contributed by atoms with Crippen LogP contribution >= 0.6 is 11.6 Å². The highest BCUT2D eigenvalue weighted by Crippen LogP contribution is 2.38. The molecule has 2 aliphatic rings. The maximum Gasteiger partial charge on any atom is 0.228 e. The molecular weight excluding hydrogens is 376 g/mol. The van der Waals surface area contributed by atoms with Crippen LogP contribution in [0.2, 0.25) is 5.02 Å². The minimum atomic E-state index is -0.347. The number of methoxy groups -OCH3 is 1. The largest absolute Gasteiger partial charge is 0.495 e. The summed E-state index contributed by atoms with van der Waals surface area (Å²) in [5.74, 6) is 0.215. The van der Waals surface area contributed by atoms with Crippen LogP contribution < -0.4 is 9.64 Å². The number of hydrogen-bond acceptors (Lipinski definition) is 3. The summed E-state index contributed by atoms with van der Waals surface area (Å²) in [6.07, 6.45) is 2.16. The fourth-order valence-corrected chi connectivity index (χ4v) is 4.43. The van der Waals surface area contributed by atoms with E-state index in [1.54, 1.807) is 30.2 Å². The van der Waals surface area contributed by atoms with Gasteiger partial charge in [-0.05, 0) is 36.6 Å². The Morgan fingerprint density at radius 2 is 1.96 bits per heavy atom. The van der Waals surface area contributed by atoms with Gasteiger partial charge in [0.05, 0.1) is 24.8 Å². The highest BCUT2D eigenvalue weighted by molar-refractivity contribution is 6.31. The molecule has 0 radical (unpaired) electrons. The normalized spacial score (nSPS) is 22.0. The molecule has 0 saturated carbocycles. The molecule has 0 N–H and O–H groups in total. The molecule has 146 valence electrons. The molecule has 2 amide bonds. The molecule has 2 saturated heterocycles. The number of likely N-dealkylation sites (tertiary alicyclic amines) is 1. The quantitative estimate of drug-likeness (QED) is 0.780. The number of amides is 2. The Morgan fingerprint density at radius 1 is 1.18 bits per heavy atom. The molecule has 0 aromatic heterocycles. The van der Waals surface area contributed by atoms with Crippen molar-refractivity contribution in [1.29, 1.82) is 0 Å². The second-order valence-corrected chi connectivity index (χ2v) is 7.76. The fraction of sp³-hybridized carbons (Fsp3) is 0.364. The molecule has 4 rings (SSSR count). The summed E-state index contributed by atoms with van der Waals surface area (Å²) in [7, 11) is 1.56. The number of halogens is 1. The predicted molar refractivity (Wildman–Crippen MR) is 109 cm³/mol. The molecule has 2 heterocycles. The van der Waals surface area contributed by atoms with Crippen LogP contribution in [0.5, 0.6) is 5.75 Å². The number of carbonyl (C=O) groups excluding carboxylic acids is 2. The first kappa shape index (κ1) is 18.8. The Kier molecular flexibility index (Phi) is 5.27. The lowest BCUT2D eigenvalue weighted by Crippen LogP contribution is -2.37. The summed E-state index contributed by atoms with van der Waals surface area (Å²) in [5, 5.41) is 0.530. The van der Waals surface area contributed by atoms with Gasteiger partial charge in [0.25, 0.3) is 0 Å². The van der Waals surface area contributed by atoms with E-state index in [-0.39, 0.29) is 30.2 Å². The molecular formula is C22H23ClN2O3. The third-order valence-electron chi connectivity index (χ3n) is 5.63. The zero-order valence-corrected chi connectivity index (χ0v) is 16.6. The van der Waals surface area contributed by atoms with E-state index < -0.39 is 0 Å². The van der Waals surface area contributed by atoms with Crippen molar-refractivity contribution in [2.45, 2.75) is 25.3 Å². The topological polar surface area (TPSA) is 49.9 Å². The Hall–Kier alpha value is -2.53. The number of carbonyl (C=O) groups is 2. The van der Waals surface area contributed by atoms with Crippen LogP contribution in [-0.2, 0) is 9.59 Å². The van der Waals surface area contributed by atoms with E-state index in [0.29, 0.717) is 23.0 Å². The minimum Gasteiger partial charge on any atom is -0.495 e. The highest BCUT2D eigenvalue weighted by atomic mass is 35.5. The van der Waals surface area contributed by atoms with E-state index in [1.807, 2.05) is 23.1 Å². The van der Waals surface area contributed by atoms with E-state index in [0.717, 1.165) is 24.9 Å². The summed E-state index contributed by atoms with van der Waals surface area (Å²) in [4.78, 5) is 29.5. The van der Waals surface area contributed by atoms with Gasteiger partial charge in [0.2, 0.25) is 11.8 Å². The van der Waals surface area contributed by atoms with Crippen LogP contribution in [0.25, 0.3) is 0 Å². The standard InChI is InChI=1S/C22H23ClN2O3/c1-28-20-10-9-17(23)13-19(20)25-14-16(12-21(25)26)22(27)24-11-5-8-18(24)15-6-3-2-4-7-15/h2-4,6-7,9-10,13,16,18H,5,8,11-12,14H2,1H3. The first-order valence-corrected chi connectivity index (χ1v) is 9.95. The first-order chi connectivity index (χ1) is 13.6. The van der Waals surface area contributed by atoms with Gasteiger partial charge in [0.1, 0.15) is 5.75 Å². The molecule has 2 unspecified atom stereocenters. The zero-order valence-electron chi connectivity index (χ0n) is 15.8. The third kappa shape index (κ3) is 3.47. The summed E-state index contributed by atoms with van der Waals surface area (Å²) >= 11 is 6.12. The summed E-state index contributed by atoms with van der Waals surface area (Å²) < 4.78 is 5.38. The van der Waals surface area contributed by atoms with Crippen LogP contribution in [0.3, 0.4) is 0 Å². The molecule has 0 spiro atoms. The second-order valence-electron chi connectivity index (χ2n) is 7.32. The van der Waals surface area contributed by atoms with Gasteiger partial charge in [-0.1, -0.05) is 41.9 Å². The second kappa shape index (κ2) is 7.84. The molecule has 2 aromatic rings. The third-order valence-corrected chi connectivity index (χ3v) is 5.86. The van der Waals surface area contributed by atoms with Gasteiger partial charge in [0, 0.05) is 24.5 Å². The van der Waals surface area contributed by atoms with Gasteiger partial charge in [0.15, 0.2) is 0 Å². The highest BCUT2D eigenvalue weighted by Gasteiger charge is 2.41. The number of hydrogen-bond donors (Lipinski definition) is 0. The SMILES string of the molecule is COc1ccc(Cl)cc1N1CC(C(=O)N2CCCC2c2ccccc2)CC1=O. The number of rotatable bonds is 4. The lowest BCUT2D eigenvalue weighted by molar-refractivity contribution is -0.136. The number of anilines is 1. The molecule has 0 bridgehead atoms. The fourth-order valence-electron chi connectivity index (χ4n) is 4.27. The lowest BCUT2D eigenvalue weighted by Gasteiger charge is -2.28. The van der Waals surface area contributed by atoms with Crippen molar-refractivity contribution in [2.24, 2.45) is 5.92 Å². The summed E-state index contributed by atoms with van der Waals surface area (Å²) in [6.45, 7) is 1.09. The van der Waals surface area contributed by atoms with Gasteiger partial charge in [-0.3, -0.25) is 9.59 Å². The lowest BCUT2D eigenvalue weighted by atomic mass is 10.0. The van der Waals surface area contributed by atoms with Crippen molar-refractivity contribution in [3.8, 4) is 5.75 Å². The maximum absolute atomic E-state index is 13.3. The van der Waals surface area contributed by atoms with Crippen molar-refractivity contribution in [3.63, 3.8) is 0 Å². The van der Waals surface area contributed by atoms with E-state index >= 15 is 0 Å². The van der Waals surface area contributed by atoms with Crippen LogP contribution in [0.1, 0.15) is 30.9 Å². The molecule has 2 fully saturated rings. The molecule has 2 aromatic carbocycles. The molecule has 2 aliphatic heterocycles. The molecule has 0 aliphatic carbocycles. The van der Waals surface area contributed by atoms with Gasteiger partial charge in [-0.2, -0.15) is 0 Å². The van der Waals surface area contributed by atoms with Crippen molar-refractivity contribution >= 4 is 29.1 Å². The van der Waals surface area contributed by atoms with Gasteiger partial charge >= 0.3 is 0 Å². The molecule has 2 atom stereocenters. The summed E-state index contributed by atoms with van der Waals surface area (Å²) in [5.41, 5.74) is 1.78.